The number of hydrogen-bond donors (Lipinski definition) is 0. The highest BCUT2D eigenvalue weighted by atomic mass is 35.5. The number of ketones is 1. The Labute approximate surface area is 122 Å². The molecule has 0 aromatic heterocycles. The molecule has 1 saturated carbocycles. The largest absolute Gasteiger partial charge is 0.293 e. The highest BCUT2D eigenvalue weighted by molar-refractivity contribution is 7.99. The van der Waals surface area contributed by atoms with E-state index in [9.17, 15) is 4.79 Å². The molecule has 0 heterocycles. The minimum absolute atomic E-state index is 0.0969. The number of rotatable bonds is 5. The van der Waals surface area contributed by atoms with Crippen molar-refractivity contribution in [3.8, 4) is 0 Å². The van der Waals surface area contributed by atoms with Gasteiger partial charge in [-0.25, -0.2) is 0 Å². The first-order chi connectivity index (χ1) is 8.66. The van der Waals surface area contributed by atoms with Crippen LogP contribution in [-0.4, -0.2) is 17.3 Å². The minimum Gasteiger partial charge on any atom is -0.293 e. The maximum absolute atomic E-state index is 12.0. The van der Waals surface area contributed by atoms with E-state index in [1.165, 1.54) is 25.7 Å². The molecular formula is C14H16Cl2OS. The summed E-state index contributed by atoms with van der Waals surface area (Å²) in [6, 6.07) is 5.05. The molecule has 1 aromatic carbocycles. The van der Waals surface area contributed by atoms with Gasteiger partial charge in [0.15, 0.2) is 5.78 Å². The van der Waals surface area contributed by atoms with Gasteiger partial charge in [0.05, 0.1) is 10.8 Å². The van der Waals surface area contributed by atoms with E-state index in [4.69, 9.17) is 23.2 Å². The molecule has 1 fully saturated rings. The molecule has 0 bridgehead atoms. The lowest BCUT2D eigenvalue weighted by Gasteiger charge is -2.08. The van der Waals surface area contributed by atoms with Crippen LogP contribution < -0.4 is 0 Å². The summed E-state index contributed by atoms with van der Waals surface area (Å²) in [6.45, 7) is 0. The molecule has 1 nitrogen and oxygen atoms in total. The summed E-state index contributed by atoms with van der Waals surface area (Å²) in [7, 11) is 0. The number of halogens is 2. The molecule has 2 rings (SSSR count). The number of Topliss-reactive ketones (excluding diaryl/α,β-unsaturated/α-hetero) is 1. The Morgan fingerprint density at radius 3 is 2.67 bits per heavy atom. The maximum Gasteiger partial charge on any atom is 0.174 e. The van der Waals surface area contributed by atoms with Gasteiger partial charge in [-0.3, -0.25) is 4.79 Å². The second kappa shape index (κ2) is 6.83. The fraction of sp³-hybridized carbons (Fsp3) is 0.500. The molecule has 0 amide bonds. The summed E-state index contributed by atoms with van der Waals surface area (Å²) in [6.07, 6.45) is 5.34. The number of thioether (sulfide) groups is 1. The Bertz CT molecular complexity index is 428. The van der Waals surface area contributed by atoms with Gasteiger partial charge in [-0.15, -0.1) is 0 Å². The van der Waals surface area contributed by atoms with Gasteiger partial charge in [0, 0.05) is 10.6 Å². The lowest BCUT2D eigenvalue weighted by atomic mass is 10.1. The molecular weight excluding hydrogens is 287 g/mol. The van der Waals surface area contributed by atoms with Crippen LogP contribution in [0, 0.1) is 5.92 Å². The fourth-order valence-electron chi connectivity index (χ4n) is 2.29. The normalized spacial score (nSPS) is 16.1. The van der Waals surface area contributed by atoms with Crippen LogP contribution in [0.25, 0.3) is 0 Å². The van der Waals surface area contributed by atoms with Gasteiger partial charge in [-0.2, -0.15) is 11.8 Å². The topological polar surface area (TPSA) is 17.1 Å². The average molecular weight is 303 g/mol. The average Bonchev–Trinajstić information content (AvgIpc) is 2.81. The third-order valence-electron chi connectivity index (χ3n) is 3.29. The van der Waals surface area contributed by atoms with Crippen molar-refractivity contribution >= 4 is 40.7 Å². The SMILES string of the molecule is O=C(CSCC1CCCC1)c1ccc(Cl)cc1Cl. The summed E-state index contributed by atoms with van der Waals surface area (Å²) < 4.78 is 0. The molecule has 1 aliphatic rings. The van der Waals surface area contributed by atoms with E-state index in [0.29, 0.717) is 21.4 Å². The first-order valence-corrected chi connectivity index (χ1v) is 8.14. The van der Waals surface area contributed by atoms with Crippen molar-refractivity contribution in [1.29, 1.82) is 0 Å². The van der Waals surface area contributed by atoms with Crippen LogP contribution >= 0.6 is 35.0 Å². The van der Waals surface area contributed by atoms with E-state index in [2.05, 4.69) is 0 Å². The van der Waals surface area contributed by atoms with Crippen molar-refractivity contribution in [1.82, 2.24) is 0 Å². The molecule has 0 N–H and O–H groups in total. The molecule has 0 atom stereocenters. The van der Waals surface area contributed by atoms with Crippen LogP contribution in [0.4, 0.5) is 0 Å². The Balaban J connectivity index is 1.83. The summed E-state index contributed by atoms with van der Waals surface area (Å²) in [4.78, 5) is 12.0. The van der Waals surface area contributed by atoms with Crippen molar-refractivity contribution < 1.29 is 4.79 Å². The maximum atomic E-state index is 12.0. The predicted octanol–water partition coefficient (Wildman–Crippen LogP) is 5.10. The number of benzene rings is 1. The number of hydrogen-bond acceptors (Lipinski definition) is 2. The van der Waals surface area contributed by atoms with Gasteiger partial charge in [-0.1, -0.05) is 36.0 Å². The lowest BCUT2D eigenvalue weighted by molar-refractivity contribution is 0.102. The monoisotopic (exact) mass is 302 g/mol. The molecule has 0 unspecified atom stereocenters. The van der Waals surface area contributed by atoms with Gasteiger partial charge in [0.1, 0.15) is 0 Å². The molecule has 0 radical (unpaired) electrons. The summed E-state index contributed by atoms with van der Waals surface area (Å²) in [5.74, 6) is 2.51. The van der Waals surface area contributed by atoms with Crippen LogP contribution in [0.3, 0.4) is 0 Å². The Morgan fingerprint density at radius 1 is 1.28 bits per heavy atom. The fourth-order valence-corrected chi connectivity index (χ4v) is 3.93. The van der Waals surface area contributed by atoms with Gasteiger partial charge in [-0.05, 0) is 42.7 Å². The van der Waals surface area contributed by atoms with Crippen LogP contribution in [0.1, 0.15) is 36.0 Å². The Morgan fingerprint density at radius 2 is 2.00 bits per heavy atom. The zero-order chi connectivity index (χ0) is 13.0. The third kappa shape index (κ3) is 3.91. The van der Waals surface area contributed by atoms with Crippen molar-refractivity contribution in [2.24, 2.45) is 5.92 Å². The van der Waals surface area contributed by atoms with E-state index in [0.717, 1.165) is 11.7 Å². The van der Waals surface area contributed by atoms with E-state index in [1.807, 2.05) is 0 Å². The van der Waals surface area contributed by atoms with Gasteiger partial charge >= 0.3 is 0 Å². The molecule has 4 heteroatoms. The van der Waals surface area contributed by atoms with Crippen molar-refractivity contribution in [3.05, 3.63) is 33.8 Å². The van der Waals surface area contributed by atoms with Crippen LogP contribution in [-0.2, 0) is 0 Å². The smallest absolute Gasteiger partial charge is 0.174 e. The summed E-state index contributed by atoms with van der Waals surface area (Å²) >= 11 is 13.6. The third-order valence-corrected chi connectivity index (χ3v) is 5.01. The van der Waals surface area contributed by atoms with Crippen molar-refractivity contribution in [2.45, 2.75) is 25.7 Å². The van der Waals surface area contributed by atoms with Crippen LogP contribution in [0.5, 0.6) is 0 Å². The lowest BCUT2D eigenvalue weighted by Crippen LogP contribution is -2.06. The van der Waals surface area contributed by atoms with E-state index >= 15 is 0 Å². The van der Waals surface area contributed by atoms with Gasteiger partial charge in [0.25, 0.3) is 0 Å². The molecule has 98 valence electrons. The minimum atomic E-state index is 0.0969. The molecule has 1 aromatic rings. The first-order valence-electron chi connectivity index (χ1n) is 6.23. The second-order valence-corrected chi connectivity index (χ2v) is 6.59. The molecule has 0 spiro atoms. The summed E-state index contributed by atoms with van der Waals surface area (Å²) in [5, 5.41) is 1.02. The number of carbonyl (C=O) groups is 1. The molecule has 18 heavy (non-hydrogen) atoms. The Kier molecular flexibility index (Phi) is 5.40. The zero-order valence-electron chi connectivity index (χ0n) is 10.1. The Hall–Kier alpha value is -0.180. The standard InChI is InChI=1S/C14H16Cl2OS/c15-11-5-6-12(13(16)7-11)14(17)9-18-8-10-3-1-2-4-10/h5-7,10H,1-4,8-9H2. The van der Waals surface area contributed by atoms with E-state index < -0.39 is 0 Å². The van der Waals surface area contributed by atoms with Gasteiger partial charge < -0.3 is 0 Å². The van der Waals surface area contributed by atoms with Crippen molar-refractivity contribution in [2.75, 3.05) is 11.5 Å². The predicted molar refractivity (Wildman–Crippen MR) is 80.1 cm³/mol. The zero-order valence-corrected chi connectivity index (χ0v) is 12.5. The summed E-state index contributed by atoms with van der Waals surface area (Å²) in [5.41, 5.74) is 0.583. The van der Waals surface area contributed by atoms with Crippen LogP contribution in [0.2, 0.25) is 10.0 Å². The quantitative estimate of drug-likeness (QED) is 0.704. The number of carbonyl (C=O) groups excluding carboxylic acids is 1. The van der Waals surface area contributed by atoms with E-state index in [1.54, 1.807) is 30.0 Å². The highest BCUT2D eigenvalue weighted by Crippen LogP contribution is 2.28. The molecule has 0 saturated heterocycles. The molecule has 0 aliphatic heterocycles. The van der Waals surface area contributed by atoms with E-state index in [-0.39, 0.29) is 5.78 Å². The second-order valence-electron chi connectivity index (χ2n) is 4.71. The van der Waals surface area contributed by atoms with Crippen molar-refractivity contribution in [3.63, 3.8) is 0 Å². The molecule has 1 aliphatic carbocycles. The highest BCUT2D eigenvalue weighted by Gasteiger charge is 2.16. The van der Waals surface area contributed by atoms with Gasteiger partial charge in [0.2, 0.25) is 0 Å². The first kappa shape index (κ1) is 14.2. The van der Waals surface area contributed by atoms with Crippen LogP contribution in [0.15, 0.2) is 18.2 Å².